The maximum atomic E-state index is 10.3. The topological polar surface area (TPSA) is 57.5 Å². The molecule has 0 fully saturated rings. The largest absolute Gasteiger partial charge is 0.481 e. The summed E-state index contributed by atoms with van der Waals surface area (Å²) in [5.74, 6) is -0.732. The molecule has 0 aliphatic heterocycles. The van der Waals surface area contributed by atoms with Crippen LogP contribution in [0.4, 0.5) is 0 Å². The Morgan fingerprint density at radius 3 is 2.35 bits per heavy atom. The van der Waals surface area contributed by atoms with Gasteiger partial charge in [-0.2, -0.15) is 0 Å². The molecule has 0 rings (SSSR count). The molecule has 0 amide bonds. The van der Waals surface area contributed by atoms with Gasteiger partial charge in [0.2, 0.25) is 0 Å². The van der Waals surface area contributed by atoms with E-state index in [1.807, 2.05) is 30.4 Å². The molecule has 23 heavy (non-hydrogen) atoms. The van der Waals surface area contributed by atoms with Crippen LogP contribution in [0.2, 0.25) is 0 Å². The van der Waals surface area contributed by atoms with E-state index in [1.165, 1.54) is 0 Å². The highest BCUT2D eigenvalue weighted by atomic mass is 16.4. The van der Waals surface area contributed by atoms with Crippen LogP contribution >= 0.6 is 0 Å². The minimum Gasteiger partial charge on any atom is -0.481 e. The molecule has 0 aliphatic carbocycles. The molecule has 0 bridgehead atoms. The van der Waals surface area contributed by atoms with Gasteiger partial charge in [0.25, 0.3) is 0 Å². The zero-order chi connectivity index (χ0) is 17.2. The fourth-order valence-corrected chi connectivity index (χ4v) is 1.77. The van der Waals surface area contributed by atoms with E-state index in [9.17, 15) is 9.90 Å². The van der Waals surface area contributed by atoms with Gasteiger partial charge in [-0.25, -0.2) is 0 Å². The van der Waals surface area contributed by atoms with E-state index < -0.39 is 12.1 Å². The van der Waals surface area contributed by atoms with Crippen LogP contribution in [0.1, 0.15) is 51.9 Å². The van der Waals surface area contributed by atoms with Gasteiger partial charge in [0.15, 0.2) is 0 Å². The summed E-state index contributed by atoms with van der Waals surface area (Å²) in [6.07, 6.45) is 24.7. The van der Waals surface area contributed by atoms with Gasteiger partial charge in [-0.05, 0) is 38.5 Å². The summed E-state index contributed by atoms with van der Waals surface area (Å²) in [6, 6.07) is 0. The monoisotopic (exact) mass is 318 g/mol. The van der Waals surface area contributed by atoms with Crippen molar-refractivity contribution in [1.29, 1.82) is 0 Å². The Balaban J connectivity index is 3.63. The Bertz CT molecular complexity index is 428. The van der Waals surface area contributed by atoms with E-state index in [4.69, 9.17) is 5.11 Å². The molecule has 0 radical (unpaired) electrons. The Morgan fingerprint density at radius 2 is 1.65 bits per heavy atom. The molecule has 128 valence electrons. The van der Waals surface area contributed by atoms with Crippen LogP contribution in [-0.4, -0.2) is 22.3 Å². The quantitative estimate of drug-likeness (QED) is 0.286. The zero-order valence-electron chi connectivity index (χ0n) is 14.1. The van der Waals surface area contributed by atoms with E-state index in [0.717, 1.165) is 25.7 Å². The molecule has 0 unspecified atom stereocenters. The number of aliphatic hydroxyl groups excluding tert-OH is 1. The van der Waals surface area contributed by atoms with Crippen LogP contribution in [0.3, 0.4) is 0 Å². The smallest absolute Gasteiger partial charge is 0.303 e. The molecular formula is C20H30O3. The third kappa shape index (κ3) is 18.1. The van der Waals surface area contributed by atoms with Crippen molar-refractivity contribution in [2.45, 2.75) is 58.0 Å². The Morgan fingerprint density at radius 1 is 0.957 bits per heavy atom. The second-order valence-corrected chi connectivity index (χ2v) is 5.20. The summed E-state index contributed by atoms with van der Waals surface area (Å²) in [4.78, 5) is 10.3. The highest BCUT2D eigenvalue weighted by Gasteiger charge is 1.93. The minimum atomic E-state index is -0.732. The Hall–Kier alpha value is -1.87. The lowest BCUT2D eigenvalue weighted by molar-refractivity contribution is -0.137. The molecule has 0 aliphatic rings. The van der Waals surface area contributed by atoms with Gasteiger partial charge in [-0.3, -0.25) is 4.79 Å². The van der Waals surface area contributed by atoms with Gasteiger partial charge in [0.1, 0.15) is 0 Å². The third-order valence-electron chi connectivity index (χ3n) is 3.00. The molecule has 0 aromatic rings. The van der Waals surface area contributed by atoms with Gasteiger partial charge in [0, 0.05) is 6.42 Å². The molecule has 0 spiro atoms. The molecule has 0 saturated heterocycles. The zero-order valence-corrected chi connectivity index (χ0v) is 14.1. The number of allylic oxidation sites excluding steroid dienone is 8. The molecule has 0 heterocycles. The number of unbranched alkanes of at least 4 members (excludes halogenated alkanes) is 1. The van der Waals surface area contributed by atoms with E-state index >= 15 is 0 Å². The van der Waals surface area contributed by atoms with Crippen LogP contribution in [0.5, 0.6) is 0 Å². The number of rotatable bonds is 13. The van der Waals surface area contributed by atoms with Crippen molar-refractivity contribution in [3.8, 4) is 0 Å². The van der Waals surface area contributed by atoms with E-state index in [2.05, 4.69) is 31.2 Å². The summed E-state index contributed by atoms with van der Waals surface area (Å²) in [6.45, 7) is 2.07. The van der Waals surface area contributed by atoms with Crippen molar-refractivity contribution in [3.63, 3.8) is 0 Å². The number of aliphatic carboxylic acids is 1. The van der Waals surface area contributed by atoms with Gasteiger partial charge in [-0.1, -0.05) is 67.7 Å². The lowest BCUT2D eigenvalue weighted by atomic mass is 10.2. The summed E-state index contributed by atoms with van der Waals surface area (Å²) in [5, 5.41) is 18.1. The maximum Gasteiger partial charge on any atom is 0.303 e. The molecule has 3 heteroatoms. The summed E-state index contributed by atoms with van der Waals surface area (Å²) >= 11 is 0. The molecular weight excluding hydrogens is 288 g/mol. The van der Waals surface area contributed by atoms with Crippen LogP contribution in [0.15, 0.2) is 60.8 Å². The molecule has 2 N–H and O–H groups in total. The van der Waals surface area contributed by atoms with Gasteiger partial charge < -0.3 is 10.2 Å². The van der Waals surface area contributed by atoms with Crippen molar-refractivity contribution >= 4 is 5.97 Å². The van der Waals surface area contributed by atoms with Crippen molar-refractivity contribution in [2.24, 2.45) is 0 Å². The molecule has 0 aromatic carbocycles. The van der Waals surface area contributed by atoms with E-state index in [-0.39, 0.29) is 6.42 Å². The number of hydrogen-bond donors (Lipinski definition) is 2. The average Bonchev–Trinajstić information content (AvgIpc) is 2.51. The van der Waals surface area contributed by atoms with E-state index in [0.29, 0.717) is 12.8 Å². The van der Waals surface area contributed by atoms with Crippen LogP contribution in [0, 0.1) is 0 Å². The van der Waals surface area contributed by atoms with Gasteiger partial charge in [-0.15, -0.1) is 0 Å². The molecule has 0 aromatic heterocycles. The second-order valence-electron chi connectivity index (χ2n) is 5.20. The van der Waals surface area contributed by atoms with Crippen molar-refractivity contribution in [3.05, 3.63) is 60.8 Å². The highest BCUT2D eigenvalue weighted by molar-refractivity contribution is 5.66. The fraction of sp³-hybridized carbons (Fsp3) is 0.450. The van der Waals surface area contributed by atoms with Crippen LogP contribution < -0.4 is 0 Å². The first kappa shape index (κ1) is 21.1. The maximum absolute atomic E-state index is 10.3. The van der Waals surface area contributed by atoms with Gasteiger partial charge in [0.05, 0.1) is 6.10 Å². The predicted octanol–water partition coefficient (Wildman–Crippen LogP) is 4.96. The summed E-state index contributed by atoms with van der Waals surface area (Å²) < 4.78 is 0. The molecule has 1 atom stereocenters. The highest BCUT2D eigenvalue weighted by Crippen LogP contribution is 1.99. The summed E-state index contributed by atoms with van der Waals surface area (Å²) in [7, 11) is 0. The van der Waals surface area contributed by atoms with Crippen molar-refractivity contribution < 1.29 is 15.0 Å². The lowest BCUT2D eigenvalue weighted by Gasteiger charge is -1.98. The fourth-order valence-electron chi connectivity index (χ4n) is 1.77. The Labute approximate surface area is 140 Å². The number of aliphatic hydroxyl groups is 1. The lowest BCUT2D eigenvalue weighted by Crippen LogP contribution is -1.98. The number of carbonyl (C=O) groups is 1. The SMILES string of the molecule is CC/C=C/C[C@H](O)/C=C/C=C/C/C=C\C/C=C\CCCC(=O)O. The Kier molecular flexibility index (Phi) is 15.2. The number of hydrogen-bond acceptors (Lipinski definition) is 2. The number of carboxylic acids is 1. The van der Waals surface area contributed by atoms with Gasteiger partial charge >= 0.3 is 5.97 Å². The predicted molar refractivity (Wildman–Crippen MR) is 97.3 cm³/mol. The summed E-state index contributed by atoms with van der Waals surface area (Å²) in [5.41, 5.74) is 0. The minimum absolute atomic E-state index is 0.238. The third-order valence-corrected chi connectivity index (χ3v) is 3.00. The molecule has 3 nitrogen and oxygen atoms in total. The van der Waals surface area contributed by atoms with Crippen LogP contribution in [0.25, 0.3) is 0 Å². The van der Waals surface area contributed by atoms with Crippen molar-refractivity contribution in [1.82, 2.24) is 0 Å². The standard InChI is InChI=1S/C20H30O3/c1-2-3-13-16-19(21)17-14-11-9-7-5-4-6-8-10-12-15-18-20(22)23/h3-5,8-11,13-14,17,19,21H,2,6-7,12,15-16,18H2,1H3,(H,22,23)/b5-4-,10-8-,11-9+,13-3+,17-14+/t19-/m0/s1. The molecule has 0 saturated carbocycles. The van der Waals surface area contributed by atoms with Crippen molar-refractivity contribution in [2.75, 3.05) is 0 Å². The first-order chi connectivity index (χ1) is 11.2. The first-order valence-corrected chi connectivity index (χ1v) is 8.35. The second kappa shape index (κ2) is 16.5. The first-order valence-electron chi connectivity index (χ1n) is 8.35. The average molecular weight is 318 g/mol. The number of carboxylic acid groups (broad SMARTS) is 1. The normalized spacial score (nSPS) is 14.2. The van der Waals surface area contributed by atoms with E-state index in [1.54, 1.807) is 6.08 Å². The van der Waals surface area contributed by atoms with Crippen LogP contribution in [-0.2, 0) is 4.79 Å².